The molecule has 0 aromatic carbocycles. The molecule has 0 unspecified atom stereocenters. The molecule has 1 amide bonds. The van der Waals surface area contributed by atoms with Crippen LogP contribution in [0, 0.1) is 5.92 Å². The third kappa shape index (κ3) is 3.46. The Balaban J connectivity index is 1.46. The van der Waals surface area contributed by atoms with Gasteiger partial charge in [0.25, 0.3) is 0 Å². The Morgan fingerprint density at radius 2 is 2.10 bits per heavy atom. The lowest BCUT2D eigenvalue weighted by atomic mass is 9.84. The number of hydrogen-bond donors (Lipinski definition) is 0. The van der Waals surface area contributed by atoms with E-state index in [0.29, 0.717) is 11.8 Å². The molecule has 0 N–H and O–H groups in total. The van der Waals surface area contributed by atoms with E-state index < -0.39 is 0 Å². The smallest absolute Gasteiger partial charge is 0.225 e. The first-order valence-electron chi connectivity index (χ1n) is 8.21. The van der Waals surface area contributed by atoms with Crippen molar-refractivity contribution in [3.8, 4) is 0 Å². The van der Waals surface area contributed by atoms with Crippen LogP contribution < -0.4 is 0 Å². The summed E-state index contributed by atoms with van der Waals surface area (Å²) >= 11 is 0. The molecule has 116 valence electrons. The summed E-state index contributed by atoms with van der Waals surface area (Å²) in [7, 11) is 2.05. The van der Waals surface area contributed by atoms with Gasteiger partial charge in [0.15, 0.2) is 0 Å². The molecule has 2 fully saturated rings. The zero-order chi connectivity index (χ0) is 14.7. The average molecular weight is 290 g/mol. The van der Waals surface area contributed by atoms with Gasteiger partial charge in [0.1, 0.15) is 5.82 Å². The van der Waals surface area contributed by atoms with Crippen molar-refractivity contribution >= 4 is 5.91 Å². The van der Waals surface area contributed by atoms with Crippen molar-refractivity contribution in [2.75, 3.05) is 32.7 Å². The van der Waals surface area contributed by atoms with E-state index >= 15 is 0 Å². The van der Waals surface area contributed by atoms with E-state index in [4.69, 9.17) is 0 Å². The van der Waals surface area contributed by atoms with Crippen LogP contribution in [0.15, 0.2) is 12.4 Å². The number of imidazole rings is 1. The first kappa shape index (κ1) is 14.6. The van der Waals surface area contributed by atoms with Crippen molar-refractivity contribution in [1.82, 2.24) is 19.4 Å². The van der Waals surface area contributed by atoms with E-state index in [2.05, 4.69) is 19.4 Å². The van der Waals surface area contributed by atoms with E-state index in [-0.39, 0.29) is 0 Å². The SMILES string of the molecule is Cn1ccnc1CCN1CCCN(C(=O)C2CCC2)CC1. The lowest BCUT2D eigenvalue weighted by Crippen LogP contribution is -2.41. The topological polar surface area (TPSA) is 41.4 Å². The van der Waals surface area contributed by atoms with Gasteiger partial charge < -0.3 is 14.4 Å². The molecule has 5 nitrogen and oxygen atoms in total. The molecule has 0 atom stereocenters. The first-order chi connectivity index (χ1) is 10.2. The Morgan fingerprint density at radius 1 is 1.24 bits per heavy atom. The molecule has 1 aromatic rings. The van der Waals surface area contributed by atoms with Crippen LogP contribution in [0.2, 0.25) is 0 Å². The van der Waals surface area contributed by atoms with Crippen LogP contribution in [-0.4, -0.2) is 58.0 Å². The summed E-state index contributed by atoms with van der Waals surface area (Å²) in [6.07, 6.45) is 9.39. The summed E-state index contributed by atoms with van der Waals surface area (Å²) in [4.78, 5) is 21.3. The van der Waals surface area contributed by atoms with Gasteiger partial charge in [-0.25, -0.2) is 4.98 Å². The summed E-state index contributed by atoms with van der Waals surface area (Å²) in [6.45, 7) is 4.97. The fraction of sp³-hybridized carbons (Fsp3) is 0.750. The summed E-state index contributed by atoms with van der Waals surface area (Å²) < 4.78 is 2.09. The number of aryl methyl sites for hydroxylation is 1. The minimum atomic E-state index is 0.337. The van der Waals surface area contributed by atoms with Crippen LogP contribution in [0.5, 0.6) is 0 Å². The quantitative estimate of drug-likeness (QED) is 0.839. The van der Waals surface area contributed by atoms with Gasteiger partial charge in [0.05, 0.1) is 0 Å². The number of nitrogens with zero attached hydrogens (tertiary/aromatic N) is 4. The van der Waals surface area contributed by atoms with Gasteiger partial charge in [-0.1, -0.05) is 6.42 Å². The molecule has 1 saturated carbocycles. The molecule has 1 saturated heterocycles. The molecule has 2 heterocycles. The normalized spacial score (nSPS) is 21.1. The molecule has 3 rings (SSSR count). The molecule has 2 aliphatic rings. The minimum Gasteiger partial charge on any atom is -0.341 e. The van der Waals surface area contributed by atoms with E-state index in [0.717, 1.165) is 64.2 Å². The van der Waals surface area contributed by atoms with Gasteiger partial charge in [0, 0.05) is 58.0 Å². The molecule has 0 bridgehead atoms. The fourth-order valence-electron chi connectivity index (χ4n) is 3.22. The van der Waals surface area contributed by atoms with Gasteiger partial charge in [-0.05, 0) is 25.8 Å². The molecule has 0 radical (unpaired) electrons. The largest absolute Gasteiger partial charge is 0.341 e. The Hall–Kier alpha value is -1.36. The Kier molecular flexibility index (Phi) is 4.58. The number of rotatable bonds is 4. The highest BCUT2D eigenvalue weighted by molar-refractivity contribution is 5.79. The highest BCUT2D eigenvalue weighted by Gasteiger charge is 2.30. The molecule has 1 aliphatic heterocycles. The average Bonchev–Trinajstić information content (AvgIpc) is 2.69. The summed E-state index contributed by atoms with van der Waals surface area (Å²) in [5.74, 6) is 1.89. The lowest BCUT2D eigenvalue weighted by molar-refractivity contribution is -0.138. The maximum atomic E-state index is 12.3. The van der Waals surface area contributed by atoms with Crippen molar-refractivity contribution in [3.63, 3.8) is 0 Å². The van der Waals surface area contributed by atoms with Gasteiger partial charge in [-0.3, -0.25) is 4.79 Å². The Morgan fingerprint density at radius 3 is 2.76 bits per heavy atom. The predicted molar refractivity (Wildman–Crippen MR) is 81.9 cm³/mol. The highest BCUT2D eigenvalue weighted by Crippen LogP contribution is 2.28. The number of amides is 1. The number of carbonyl (C=O) groups is 1. The minimum absolute atomic E-state index is 0.337. The molecule has 0 spiro atoms. The maximum absolute atomic E-state index is 12.3. The summed E-state index contributed by atoms with van der Waals surface area (Å²) in [5, 5.41) is 0. The predicted octanol–water partition coefficient (Wildman–Crippen LogP) is 1.30. The zero-order valence-corrected chi connectivity index (χ0v) is 13.0. The zero-order valence-electron chi connectivity index (χ0n) is 13.0. The van der Waals surface area contributed by atoms with Gasteiger partial charge in [-0.15, -0.1) is 0 Å². The summed E-state index contributed by atoms with van der Waals surface area (Å²) in [6, 6.07) is 0. The standard InChI is InChI=1S/C16H26N4O/c1-18-11-7-17-15(18)6-10-19-8-3-9-20(13-12-19)16(21)14-4-2-5-14/h7,11,14H,2-6,8-10,12-13H2,1H3. The third-order valence-corrected chi connectivity index (χ3v) is 4.93. The van der Waals surface area contributed by atoms with Gasteiger partial charge in [0.2, 0.25) is 5.91 Å². The van der Waals surface area contributed by atoms with Crippen molar-refractivity contribution in [2.24, 2.45) is 13.0 Å². The van der Waals surface area contributed by atoms with E-state index in [1.807, 2.05) is 19.4 Å². The Bertz CT molecular complexity index is 480. The Labute approximate surface area is 126 Å². The first-order valence-corrected chi connectivity index (χ1v) is 8.21. The molecular formula is C16H26N4O. The lowest BCUT2D eigenvalue weighted by Gasteiger charge is -2.31. The number of hydrogen-bond acceptors (Lipinski definition) is 3. The second kappa shape index (κ2) is 6.60. The molecular weight excluding hydrogens is 264 g/mol. The fourth-order valence-corrected chi connectivity index (χ4v) is 3.22. The van der Waals surface area contributed by atoms with Gasteiger partial charge in [-0.2, -0.15) is 0 Å². The molecule has 1 aromatic heterocycles. The van der Waals surface area contributed by atoms with Crippen LogP contribution in [0.3, 0.4) is 0 Å². The number of carbonyl (C=O) groups excluding carboxylic acids is 1. The highest BCUT2D eigenvalue weighted by atomic mass is 16.2. The third-order valence-electron chi connectivity index (χ3n) is 4.93. The molecule has 1 aliphatic carbocycles. The van der Waals surface area contributed by atoms with Crippen molar-refractivity contribution in [3.05, 3.63) is 18.2 Å². The van der Waals surface area contributed by atoms with Gasteiger partial charge >= 0.3 is 0 Å². The molecule has 5 heteroatoms. The second-order valence-corrected chi connectivity index (χ2v) is 6.35. The van der Waals surface area contributed by atoms with Crippen molar-refractivity contribution in [1.29, 1.82) is 0 Å². The van der Waals surface area contributed by atoms with E-state index in [9.17, 15) is 4.79 Å². The van der Waals surface area contributed by atoms with E-state index in [1.54, 1.807) is 0 Å². The van der Waals surface area contributed by atoms with Crippen LogP contribution in [-0.2, 0) is 18.3 Å². The van der Waals surface area contributed by atoms with Crippen LogP contribution in [0.4, 0.5) is 0 Å². The summed E-state index contributed by atoms with van der Waals surface area (Å²) in [5.41, 5.74) is 0. The number of aromatic nitrogens is 2. The maximum Gasteiger partial charge on any atom is 0.225 e. The monoisotopic (exact) mass is 290 g/mol. The van der Waals surface area contributed by atoms with Crippen molar-refractivity contribution < 1.29 is 4.79 Å². The van der Waals surface area contributed by atoms with Crippen LogP contribution >= 0.6 is 0 Å². The van der Waals surface area contributed by atoms with Crippen molar-refractivity contribution in [2.45, 2.75) is 32.1 Å². The molecule has 21 heavy (non-hydrogen) atoms. The van der Waals surface area contributed by atoms with Crippen LogP contribution in [0.25, 0.3) is 0 Å². The van der Waals surface area contributed by atoms with E-state index in [1.165, 1.54) is 6.42 Å². The second-order valence-electron chi connectivity index (χ2n) is 6.35. The van der Waals surface area contributed by atoms with Crippen LogP contribution in [0.1, 0.15) is 31.5 Å².